The fraction of sp³-hybridized carbons (Fsp3) is 0.536. The second kappa shape index (κ2) is 28.1. The first-order valence-electron chi connectivity index (χ1n) is 26.6. The fourth-order valence-corrected chi connectivity index (χ4v) is 12.2. The molecular formula is C56H76N4O16S2. The van der Waals surface area contributed by atoms with Gasteiger partial charge in [-0.2, -0.15) is 0 Å². The monoisotopic (exact) mass is 1120 g/mol. The van der Waals surface area contributed by atoms with Gasteiger partial charge in [-0.25, -0.2) is 26.4 Å². The van der Waals surface area contributed by atoms with E-state index in [9.17, 15) is 36.6 Å². The Bertz CT molecular complexity index is 2710. The largest absolute Gasteiger partial charge is 0.497 e. The summed E-state index contributed by atoms with van der Waals surface area (Å²) in [4.78, 5) is 37.6. The van der Waals surface area contributed by atoms with E-state index >= 15 is 0 Å². The Balaban J connectivity index is 0.000000228. The Labute approximate surface area is 458 Å². The molecule has 4 fully saturated rings. The molecule has 8 rings (SSSR count). The van der Waals surface area contributed by atoms with E-state index in [-0.39, 0.29) is 60.2 Å². The minimum atomic E-state index is -4.15. The van der Waals surface area contributed by atoms with Crippen molar-refractivity contribution in [2.45, 2.75) is 156 Å². The van der Waals surface area contributed by atoms with Crippen molar-refractivity contribution in [3.63, 3.8) is 0 Å². The van der Waals surface area contributed by atoms with Crippen LogP contribution < -0.4 is 20.1 Å². The molecule has 428 valence electrons. The number of aliphatic hydroxyl groups excluding tert-OH is 2. The standard InChI is InChI=1S/C29H38N2O9S.C27H38N2O7S/c1-36-21-11-13-23(14-12-21)41(34,35)31(40-22-9-5-6-10-22)18-26(32)25(17-20-7-3-2-4-8-20)30-29(33)39-27-19-38-28-24(27)15-16-37-28;1-27(2,3)35-26(31)28-24(18-20-10-6-5-7-11-20)25(30)19-29(36-22-12-8-9-13-22)37(32,33)23-16-14-21(34-4)15-17-23/h2-4,7-8,11-14,22,24-28,32H,5-6,9-10,15-19H2,1H3,(H,30,33);5-7,10-11,14-17,22,24-25,30H,8-9,12-13,18-19H2,1-4H3,(H,28,31)/t24-,25-,26+,27-,28+;24-,25+/m00/s1. The third-order valence-corrected chi connectivity index (χ3v) is 17.1. The number of ether oxygens (including phenoxy) is 6. The average Bonchev–Trinajstić information content (AvgIpc) is 4.29. The highest BCUT2D eigenvalue weighted by molar-refractivity contribution is 7.89. The highest BCUT2D eigenvalue weighted by Crippen LogP contribution is 2.34. The molecule has 0 spiro atoms. The number of hydrogen-bond acceptors (Lipinski definition) is 16. The van der Waals surface area contributed by atoms with Crippen LogP contribution >= 0.6 is 0 Å². The Morgan fingerprint density at radius 2 is 1.04 bits per heavy atom. The summed E-state index contributed by atoms with van der Waals surface area (Å²) in [5.41, 5.74) is 0.984. The number of hydroxylamine groups is 2. The third-order valence-electron chi connectivity index (χ3n) is 13.8. The van der Waals surface area contributed by atoms with Crippen LogP contribution in [0.2, 0.25) is 0 Å². The molecule has 2 saturated heterocycles. The van der Waals surface area contributed by atoms with Gasteiger partial charge in [-0.1, -0.05) is 95.3 Å². The molecule has 2 saturated carbocycles. The van der Waals surface area contributed by atoms with Crippen LogP contribution in [0.25, 0.3) is 0 Å². The van der Waals surface area contributed by atoms with Gasteiger partial charge in [-0.15, -0.1) is 0 Å². The molecule has 2 aliphatic heterocycles. The molecule has 22 heteroatoms. The van der Waals surface area contributed by atoms with Crippen LogP contribution in [0.4, 0.5) is 9.59 Å². The van der Waals surface area contributed by atoms with Crippen molar-refractivity contribution in [1.82, 2.24) is 19.6 Å². The first-order valence-corrected chi connectivity index (χ1v) is 29.5. The molecule has 0 unspecified atom stereocenters. The number of sulfonamides is 2. The van der Waals surface area contributed by atoms with E-state index in [0.29, 0.717) is 18.1 Å². The second-order valence-electron chi connectivity index (χ2n) is 20.8. The normalized spacial score (nSPS) is 20.5. The average molecular weight is 1130 g/mol. The van der Waals surface area contributed by atoms with Crippen LogP contribution in [-0.2, 0) is 61.5 Å². The predicted molar refractivity (Wildman–Crippen MR) is 287 cm³/mol. The number of carbonyl (C=O) groups is 2. The summed E-state index contributed by atoms with van der Waals surface area (Å²) in [7, 11) is -5.27. The minimum Gasteiger partial charge on any atom is -0.497 e. The first-order chi connectivity index (χ1) is 37.3. The number of hydrogen-bond donors (Lipinski definition) is 4. The zero-order valence-corrected chi connectivity index (χ0v) is 46.6. The molecule has 4 aromatic carbocycles. The van der Waals surface area contributed by atoms with Crippen LogP contribution in [0.5, 0.6) is 11.5 Å². The van der Waals surface area contributed by atoms with Gasteiger partial charge in [0.1, 0.15) is 23.2 Å². The molecular weight excluding hydrogens is 1050 g/mol. The summed E-state index contributed by atoms with van der Waals surface area (Å²) in [6, 6.07) is 28.9. The zero-order chi connectivity index (χ0) is 55.9. The molecule has 2 amide bonds. The van der Waals surface area contributed by atoms with Gasteiger partial charge in [0.05, 0.1) is 92.7 Å². The smallest absolute Gasteiger partial charge is 0.407 e. The quantitative estimate of drug-likeness (QED) is 0.0542. The minimum absolute atomic E-state index is 0.00467. The number of carbonyl (C=O) groups excluding carboxylic acids is 2. The summed E-state index contributed by atoms with van der Waals surface area (Å²) < 4.78 is 88.8. The Morgan fingerprint density at radius 3 is 1.45 bits per heavy atom. The van der Waals surface area contributed by atoms with Crippen molar-refractivity contribution in [2.75, 3.05) is 40.5 Å². The number of nitrogens with one attached hydrogen (secondary N) is 2. The van der Waals surface area contributed by atoms with Crippen molar-refractivity contribution in [3.05, 3.63) is 120 Å². The van der Waals surface area contributed by atoms with Crippen molar-refractivity contribution in [2.24, 2.45) is 5.92 Å². The molecule has 2 aliphatic carbocycles. The molecule has 2 heterocycles. The molecule has 4 N–H and O–H groups in total. The lowest BCUT2D eigenvalue weighted by Crippen LogP contribution is -2.51. The van der Waals surface area contributed by atoms with E-state index in [2.05, 4.69) is 10.6 Å². The maximum absolute atomic E-state index is 13.7. The number of methoxy groups -OCH3 is 2. The van der Waals surface area contributed by atoms with Gasteiger partial charge in [0, 0.05) is 0 Å². The number of fused-ring (bicyclic) bond motifs is 1. The Kier molecular flexibility index (Phi) is 21.7. The van der Waals surface area contributed by atoms with Crippen molar-refractivity contribution in [1.29, 1.82) is 0 Å². The molecule has 7 atom stereocenters. The van der Waals surface area contributed by atoms with Crippen LogP contribution in [0, 0.1) is 5.92 Å². The van der Waals surface area contributed by atoms with Crippen LogP contribution in [0.15, 0.2) is 119 Å². The number of benzene rings is 4. The number of amides is 2. The summed E-state index contributed by atoms with van der Waals surface area (Å²) in [5.74, 6) is 0.996. The van der Waals surface area contributed by atoms with E-state index < -0.39 is 74.8 Å². The second-order valence-corrected chi connectivity index (χ2v) is 24.5. The Morgan fingerprint density at radius 1 is 0.615 bits per heavy atom. The van der Waals surface area contributed by atoms with Crippen LogP contribution in [-0.4, -0.2) is 143 Å². The lowest BCUT2D eigenvalue weighted by molar-refractivity contribution is -0.145. The zero-order valence-electron chi connectivity index (χ0n) is 45.0. The molecule has 20 nitrogen and oxygen atoms in total. The number of aliphatic hydroxyl groups is 2. The first kappa shape index (κ1) is 60.2. The van der Waals surface area contributed by atoms with Gasteiger partial charge in [-0.3, -0.25) is 9.68 Å². The third kappa shape index (κ3) is 17.3. The SMILES string of the molecule is COc1ccc(S(=O)(=O)N(C[C@@H](O)[C@H](Cc2ccccc2)NC(=O)OC(C)(C)C)OC2CCCC2)cc1.COc1ccc(S(=O)(=O)N(C[C@@H](O)[C@H](Cc2ccccc2)NC(=O)O[C@H]2CO[C@H]3OCC[C@H]32)OC2CCCC2)cc1. The van der Waals surface area contributed by atoms with E-state index in [1.165, 1.54) is 38.5 Å². The molecule has 0 bridgehead atoms. The van der Waals surface area contributed by atoms with Gasteiger partial charge >= 0.3 is 12.2 Å². The van der Waals surface area contributed by atoms with Crippen LogP contribution in [0.1, 0.15) is 89.7 Å². The van der Waals surface area contributed by atoms with Crippen molar-refractivity contribution < 1.29 is 74.7 Å². The maximum Gasteiger partial charge on any atom is 0.407 e. The molecule has 4 aromatic rings. The topological polar surface area (TPSA) is 247 Å². The molecule has 4 aliphatic rings. The number of nitrogens with zero attached hydrogens (tertiary/aromatic N) is 2. The molecule has 78 heavy (non-hydrogen) atoms. The molecule has 0 radical (unpaired) electrons. The summed E-state index contributed by atoms with van der Waals surface area (Å²) >= 11 is 0. The lowest BCUT2D eigenvalue weighted by Gasteiger charge is -2.31. The van der Waals surface area contributed by atoms with E-state index in [4.69, 9.17) is 38.1 Å². The van der Waals surface area contributed by atoms with E-state index in [1.807, 2.05) is 60.7 Å². The summed E-state index contributed by atoms with van der Waals surface area (Å²) in [6.07, 6.45) is 2.48. The highest BCUT2D eigenvalue weighted by Gasteiger charge is 2.44. The predicted octanol–water partition coefficient (Wildman–Crippen LogP) is 7.08. The van der Waals surface area contributed by atoms with Gasteiger partial charge in [0.2, 0.25) is 0 Å². The van der Waals surface area contributed by atoms with Gasteiger partial charge in [0.15, 0.2) is 6.29 Å². The fourth-order valence-electron chi connectivity index (χ4n) is 9.64. The van der Waals surface area contributed by atoms with E-state index in [1.54, 1.807) is 45.0 Å². The van der Waals surface area contributed by atoms with Gasteiger partial charge in [-0.05, 0) is 125 Å². The summed E-state index contributed by atoms with van der Waals surface area (Å²) in [5, 5.41) is 28.2. The van der Waals surface area contributed by atoms with Crippen molar-refractivity contribution in [3.8, 4) is 11.5 Å². The Hall–Kier alpha value is -5.40. The summed E-state index contributed by atoms with van der Waals surface area (Å²) in [6.45, 7) is 5.24. The van der Waals surface area contributed by atoms with Gasteiger partial charge < -0.3 is 49.3 Å². The number of rotatable bonds is 23. The highest BCUT2D eigenvalue weighted by atomic mass is 32.2. The lowest BCUT2D eigenvalue weighted by atomic mass is 10.0. The van der Waals surface area contributed by atoms with Crippen molar-refractivity contribution >= 4 is 32.2 Å². The molecule has 0 aromatic heterocycles. The maximum atomic E-state index is 13.7. The number of alkyl carbamates (subject to hydrolysis) is 2. The van der Waals surface area contributed by atoms with Gasteiger partial charge in [0.25, 0.3) is 20.0 Å². The van der Waals surface area contributed by atoms with E-state index in [0.717, 1.165) is 77.9 Å². The van der Waals surface area contributed by atoms with Crippen LogP contribution in [0.3, 0.4) is 0 Å².